The Morgan fingerprint density at radius 2 is 1.56 bits per heavy atom. The molecule has 0 heterocycles. The molecule has 27 heavy (non-hydrogen) atoms. The van der Waals surface area contributed by atoms with Gasteiger partial charge in [-0.2, -0.15) is 0 Å². The number of hydrogen-bond donors (Lipinski definition) is 0. The highest BCUT2D eigenvalue weighted by Crippen LogP contribution is 2.28. The van der Waals surface area contributed by atoms with Crippen LogP contribution >= 0.6 is 0 Å². The number of methoxy groups -OCH3 is 2. The van der Waals surface area contributed by atoms with Crippen LogP contribution in [0.1, 0.15) is 24.5 Å². The minimum atomic E-state index is 0.156. The fourth-order valence-electron chi connectivity index (χ4n) is 2.94. The van der Waals surface area contributed by atoms with Crippen molar-refractivity contribution in [1.82, 2.24) is 4.90 Å². The number of ether oxygens (including phenoxy) is 2. The molecule has 0 aliphatic heterocycles. The van der Waals surface area contributed by atoms with E-state index in [1.165, 1.54) is 0 Å². The molecule has 2 aromatic rings. The van der Waals surface area contributed by atoms with Crippen molar-refractivity contribution < 1.29 is 14.3 Å². The molecule has 5 heteroatoms. The van der Waals surface area contributed by atoms with Crippen molar-refractivity contribution >= 4 is 11.6 Å². The summed E-state index contributed by atoms with van der Waals surface area (Å²) in [5.74, 6) is 1.55. The number of aryl methyl sites for hydroxylation is 1. The number of carbonyl (C=O) groups is 1. The molecular formula is C22H30N2O3. The first-order valence-corrected chi connectivity index (χ1v) is 9.23. The predicted octanol–water partition coefficient (Wildman–Crippen LogP) is 3.75. The van der Waals surface area contributed by atoms with Crippen LogP contribution in [0.4, 0.5) is 5.69 Å². The van der Waals surface area contributed by atoms with Gasteiger partial charge >= 0.3 is 0 Å². The summed E-state index contributed by atoms with van der Waals surface area (Å²) in [5.41, 5.74) is 3.36. The van der Waals surface area contributed by atoms with Crippen molar-refractivity contribution in [2.75, 3.05) is 39.8 Å². The molecule has 146 valence electrons. The molecule has 0 atom stereocenters. The van der Waals surface area contributed by atoms with E-state index >= 15 is 0 Å². The quantitative estimate of drug-likeness (QED) is 0.674. The normalized spacial score (nSPS) is 10.4. The molecule has 5 nitrogen and oxygen atoms in total. The first-order chi connectivity index (χ1) is 13.0. The third-order valence-electron chi connectivity index (χ3n) is 4.64. The Morgan fingerprint density at radius 3 is 2.11 bits per heavy atom. The summed E-state index contributed by atoms with van der Waals surface area (Å²) in [5, 5.41) is 0. The van der Waals surface area contributed by atoms with Crippen LogP contribution in [0.5, 0.6) is 11.5 Å². The number of carbonyl (C=O) groups excluding carboxylic acids is 1. The van der Waals surface area contributed by atoms with E-state index in [1.807, 2.05) is 44.1 Å². The Kier molecular flexibility index (Phi) is 7.53. The van der Waals surface area contributed by atoms with E-state index in [1.54, 1.807) is 14.2 Å². The van der Waals surface area contributed by atoms with Crippen molar-refractivity contribution in [2.24, 2.45) is 0 Å². The van der Waals surface area contributed by atoms with E-state index in [9.17, 15) is 4.79 Å². The minimum Gasteiger partial charge on any atom is -0.493 e. The summed E-state index contributed by atoms with van der Waals surface area (Å²) in [6, 6.07) is 14.1. The van der Waals surface area contributed by atoms with Gasteiger partial charge in [0, 0.05) is 39.3 Å². The van der Waals surface area contributed by atoms with Gasteiger partial charge in [0.15, 0.2) is 11.5 Å². The molecule has 0 saturated carbocycles. The Morgan fingerprint density at radius 1 is 0.926 bits per heavy atom. The Balaban J connectivity index is 1.96. The smallest absolute Gasteiger partial charge is 0.223 e. The lowest BCUT2D eigenvalue weighted by Crippen LogP contribution is -2.30. The maximum Gasteiger partial charge on any atom is 0.223 e. The van der Waals surface area contributed by atoms with E-state index in [4.69, 9.17) is 9.47 Å². The van der Waals surface area contributed by atoms with Crippen LogP contribution in [0.2, 0.25) is 0 Å². The fraction of sp³-hybridized carbons (Fsp3) is 0.409. The zero-order valence-corrected chi connectivity index (χ0v) is 17.0. The van der Waals surface area contributed by atoms with Crippen molar-refractivity contribution in [1.29, 1.82) is 0 Å². The van der Waals surface area contributed by atoms with Gasteiger partial charge in [0.05, 0.1) is 14.2 Å². The van der Waals surface area contributed by atoms with Gasteiger partial charge in [0.2, 0.25) is 5.91 Å². The van der Waals surface area contributed by atoms with Gasteiger partial charge in [-0.25, -0.2) is 0 Å². The number of rotatable bonds is 9. The summed E-state index contributed by atoms with van der Waals surface area (Å²) < 4.78 is 10.6. The molecule has 2 aromatic carbocycles. The highest BCUT2D eigenvalue weighted by molar-refractivity contribution is 5.76. The largest absolute Gasteiger partial charge is 0.493 e. The number of nitrogens with zero attached hydrogens (tertiary/aromatic N) is 2. The van der Waals surface area contributed by atoms with E-state index in [0.29, 0.717) is 37.4 Å². The van der Waals surface area contributed by atoms with Crippen LogP contribution in [0.25, 0.3) is 0 Å². The van der Waals surface area contributed by atoms with Crippen LogP contribution in [0.3, 0.4) is 0 Å². The molecule has 0 aliphatic rings. The molecule has 0 spiro atoms. The summed E-state index contributed by atoms with van der Waals surface area (Å²) in [6.07, 6.45) is 1.15. The summed E-state index contributed by atoms with van der Waals surface area (Å²) >= 11 is 0. The van der Waals surface area contributed by atoms with E-state index in [2.05, 4.69) is 29.2 Å². The first-order valence-electron chi connectivity index (χ1n) is 9.23. The van der Waals surface area contributed by atoms with Gasteiger partial charge in [0.1, 0.15) is 0 Å². The zero-order chi connectivity index (χ0) is 19.8. The highest BCUT2D eigenvalue weighted by atomic mass is 16.5. The second-order valence-electron chi connectivity index (χ2n) is 6.66. The van der Waals surface area contributed by atoms with Crippen molar-refractivity contribution in [2.45, 2.75) is 26.3 Å². The maximum atomic E-state index is 12.7. The Labute approximate surface area is 162 Å². The molecule has 1 amide bonds. The number of amides is 1. The fourth-order valence-corrected chi connectivity index (χ4v) is 2.94. The standard InChI is InChI=1S/C22H30N2O3/c1-6-24(16-18-7-11-19(12-8-18)23(2)3)22(25)14-10-17-9-13-20(26-4)21(15-17)27-5/h7-9,11-13,15H,6,10,14,16H2,1-5H3. The van der Waals surface area contributed by atoms with E-state index < -0.39 is 0 Å². The van der Waals surface area contributed by atoms with E-state index in [0.717, 1.165) is 16.8 Å². The van der Waals surface area contributed by atoms with Crippen molar-refractivity contribution in [3.63, 3.8) is 0 Å². The van der Waals surface area contributed by atoms with E-state index in [-0.39, 0.29) is 5.91 Å². The van der Waals surface area contributed by atoms with Gasteiger partial charge in [-0.05, 0) is 48.7 Å². The first kappa shape index (κ1) is 20.6. The number of anilines is 1. The molecule has 0 fully saturated rings. The Bertz CT molecular complexity index is 742. The van der Waals surface area contributed by atoms with Crippen molar-refractivity contribution in [3.8, 4) is 11.5 Å². The van der Waals surface area contributed by atoms with Gasteiger partial charge < -0.3 is 19.3 Å². The van der Waals surface area contributed by atoms with Crippen LogP contribution < -0.4 is 14.4 Å². The topological polar surface area (TPSA) is 42.0 Å². The summed E-state index contributed by atoms with van der Waals surface area (Å²) in [4.78, 5) is 16.6. The second-order valence-corrected chi connectivity index (χ2v) is 6.66. The SMILES string of the molecule is CCN(Cc1ccc(N(C)C)cc1)C(=O)CCc1ccc(OC)c(OC)c1. The lowest BCUT2D eigenvalue weighted by Gasteiger charge is -2.22. The molecule has 0 bridgehead atoms. The van der Waals surface area contributed by atoms with Crippen molar-refractivity contribution in [3.05, 3.63) is 53.6 Å². The zero-order valence-electron chi connectivity index (χ0n) is 17.0. The molecule has 0 unspecified atom stereocenters. The van der Waals surface area contributed by atoms with Crippen LogP contribution in [0.15, 0.2) is 42.5 Å². The maximum absolute atomic E-state index is 12.7. The molecular weight excluding hydrogens is 340 g/mol. The monoisotopic (exact) mass is 370 g/mol. The lowest BCUT2D eigenvalue weighted by molar-refractivity contribution is -0.131. The van der Waals surface area contributed by atoms with Crippen LogP contribution in [0, 0.1) is 0 Å². The average molecular weight is 370 g/mol. The van der Waals surface area contributed by atoms with Gasteiger partial charge in [-0.1, -0.05) is 18.2 Å². The third-order valence-corrected chi connectivity index (χ3v) is 4.64. The van der Waals surface area contributed by atoms with Gasteiger partial charge in [-0.15, -0.1) is 0 Å². The van der Waals surface area contributed by atoms with Crippen LogP contribution in [-0.4, -0.2) is 45.7 Å². The summed E-state index contributed by atoms with van der Waals surface area (Å²) in [6.45, 7) is 3.34. The second kappa shape index (κ2) is 9.86. The minimum absolute atomic E-state index is 0.156. The molecule has 0 aliphatic carbocycles. The summed E-state index contributed by atoms with van der Waals surface area (Å²) in [7, 11) is 7.27. The lowest BCUT2D eigenvalue weighted by atomic mass is 10.1. The molecule has 0 aromatic heterocycles. The Hall–Kier alpha value is -2.69. The molecule has 0 saturated heterocycles. The third kappa shape index (κ3) is 5.64. The van der Waals surface area contributed by atoms with Gasteiger partial charge in [0.25, 0.3) is 0 Å². The van der Waals surface area contributed by atoms with Crippen LogP contribution in [-0.2, 0) is 17.8 Å². The number of benzene rings is 2. The molecule has 0 N–H and O–H groups in total. The van der Waals surface area contributed by atoms with Gasteiger partial charge in [-0.3, -0.25) is 4.79 Å². The molecule has 0 radical (unpaired) electrons. The molecule has 2 rings (SSSR count). The average Bonchev–Trinajstić information content (AvgIpc) is 2.70. The highest BCUT2D eigenvalue weighted by Gasteiger charge is 2.13. The number of hydrogen-bond acceptors (Lipinski definition) is 4. The predicted molar refractivity (Wildman–Crippen MR) is 110 cm³/mol.